The summed E-state index contributed by atoms with van der Waals surface area (Å²) in [5.41, 5.74) is 6.46. The van der Waals surface area contributed by atoms with Crippen LogP contribution in [0.5, 0.6) is 0 Å². The highest BCUT2D eigenvalue weighted by Gasteiger charge is 1.77. The lowest BCUT2D eigenvalue weighted by molar-refractivity contribution is 1.11. The summed E-state index contributed by atoms with van der Waals surface area (Å²) in [6, 6.07) is 9.96. The van der Waals surface area contributed by atoms with E-state index in [-0.39, 0.29) is 4.70 Å². The Labute approximate surface area is 65.6 Å². The largest absolute Gasteiger partial charge is 0.269 e. The summed E-state index contributed by atoms with van der Waals surface area (Å²) < 4.78 is 0. The van der Waals surface area contributed by atoms with Gasteiger partial charge in [0.05, 0.1) is 0 Å². The quantitative estimate of drug-likeness (QED) is 0.537. The predicted octanol–water partition coefficient (Wildman–Crippen LogP) is 2.79. The highest BCUT2D eigenvalue weighted by molar-refractivity contribution is 5.47. The van der Waals surface area contributed by atoms with Crippen LogP contribution in [0.2, 0.25) is 0 Å². The molecule has 0 nitrogen and oxygen atoms in total. The molecular formula is C10H9F. The van der Waals surface area contributed by atoms with Crippen molar-refractivity contribution in [1.29, 1.82) is 0 Å². The van der Waals surface area contributed by atoms with Gasteiger partial charge >= 0.3 is 0 Å². The lowest BCUT2D eigenvalue weighted by atomic mass is 10.2. The van der Waals surface area contributed by atoms with Crippen molar-refractivity contribution in [3.8, 4) is 0 Å². The second kappa shape index (κ2) is 5.25. The van der Waals surface area contributed by atoms with Gasteiger partial charge in [-0.2, -0.15) is 0 Å². The first kappa shape index (κ1) is 9.45. The number of rotatable bonds is 1. The van der Waals surface area contributed by atoms with Gasteiger partial charge in [0.25, 0.3) is 0 Å². The van der Waals surface area contributed by atoms with E-state index in [0.717, 1.165) is 5.56 Å². The Hall–Kier alpha value is -1.55. The van der Waals surface area contributed by atoms with Crippen LogP contribution in [0.1, 0.15) is 5.56 Å². The molecule has 0 atom stereocenters. The topological polar surface area (TPSA) is 0 Å². The lowest BCUT2D eigenvalue weighted by Crippen LogP contribution is -1.64. The monoisotopic (exact) mass is 148 g/mol. The first-order valence-electron chi connectivity index (χ1n) is 3.09. The van der Waals surface area contributed by atoms with E-state index in [4.69, 9.17) is 0 Å². The second-order valence-corrected chi connectivity index (χ2v) is 1.88. The van der Waals surface area contributed by atoms with Crippen molar-refractivity contribution in [3.05, 3.63) is 53.9 Å². The van der Waals surface area contributed by atoms with Crippen LogP contribution in [0, 0.1) is 0 Å². The first-order chi connectivity index (χ1) is 4.93. The van der Waals surface area contributed by atoms with Gasteiger partial charge in [-0.25, -0.2) is 0 Å². The smallest absolute Gasteiger partial charge is 0.00430 e. The normalized spacial score (nSPS) is 6.91. The highest BCUT2D eigenvalue weighted by atomic mass is 19.0. The van der Waals surface area contributed by atoms with Crippen LogP contribution >= 0.6 is 0 Å². The minimum Gasteiger partial charge on any atom is -0.269 e. The molecule has 0 heterocycles. The minimum absolute atomic E-state index is 0. The molecule has 0 radical (unpaired) electrons. The third kappa shape index (κ3) is 3.22. The molecule has 1 aromatic carbocycles. The number of hydrogen-bond acceptors (Lipinski definition) is 0. The van der Waals surface area contributed by atoms with Crippen molar-refractivity contribution < 1.29 is 4.70 Å². The summed E-state index contributed by atoms with van der Waals surface area (Å²) in [7, 11) is 0. The van der Waals surface area contributed by atoms with Crippen molar-refractivity contribution >= 4 is 6.08 Å². The minimum atomic E-state index is 0. The Morgan fingerprint density at radius 2 is 1.82 bits per heavy atom. The summed E-state index contributed by atoms with van der Waals surface area (Å²) >= 11 is 0. The Kier molecular flexibility index (Phi) is 4.51. The molecule has 0 bridgehead atoms. The molecule has 0 amide bonds. The van der Waals surface area contributed by atoms with Crippen LogP contribution in [0.25, 0.3) is 6.08 Å². The van der Waals surface area contributed by atoms with Gasteiger partial charge in [-0.05, 0) is 18.2 Å². The van der Waals surface area contributed by atoms with Crippen molar-refractivity contribution in [1.82, 2.24) is 0 Å². The van der Waals surface area contributed by atoms with Gasteiger partial charge in [-0.1, -0.05) is 41.8 Å². The molecule has 0 spiro atoms. The number of benzene rings is 1. The Bertz CT molecular complexity index is 275. The third-order valence-corrected chi connectivity index (χ3v) is 1.14. The molecule has 1 aromatic rings. The van der Waals surface area contributed by atoms with Crippen molar-refractivity contribution in [2.75, 3.05) is 0 Å². The van der Waals surface area contributed by atoms with E-state index in [9.17, 15) is 0 Å². The zero-order chi connectivity index (χ0) is 7.23. The molecule has 0 aromatic heterocycles. The van der Waals surface area contributed by atoms with Gasteiger partial charge < -0.3 is 0 Å². The van der Waals surface area contributed by atoms with Gasteiger partial charge in [0.2, 0.25) is 0 Å². The van der Waals surface area contributed by atoms with Crippen molar-refractivity contribution in [2.45, 2.75) is 0 Å². The molecule has 0 unspecified atom stereocenters. The Balaban J connectivity index is 0.000001000. The van der Waals surface area contributed by atoms with Crippen molar-refractivity contribution in [3.63, 3.8) is 0 Å². The van der Waals surface area contributed by atoms with E-state index >= 15 is 0 Å². The molecule has 0 aliphatic rings. The lowest BCUT2D eigenvalue weighted by Gasteiger charge is -1.85. The first-order valence-corrected chi connectivity index (χ1v) is 3.09. The van der Waals surface area contributed by atoms with E-state index in [1.807, 2.05) is 36.4 Å². The van der Waals surface area contributed by atoms with Crippen LogP contribution in [-0.4, -0.2) is 0 Å². The van der Waals surface area contributed by atoms with Gasteiger partial charge in [0, 0.05) is 0 Å². The Morgan fingerprint density at radius 1 is 1.18 bits per heavy atom. The summed E-state index contributed by atoms with van der Waals surface area (Å²) in [5, 5.41) is 0. The van der Waals surface area contributed by atoms with Crippen LogP contribution < -0.4 is 0 Å². The third-order valence-electron chi connectivity index (χ3n) is 1.14. The average molecular weight is 148 g/mol. The van der Waals surface area contributed by atoms with E-state index in [1.165, 1.54) is 0 Å². The van der Waals surface area contributed by atoms with Crippen LogP contribution in [-0.2, 0) is 0 Å². The van der Waals surface area contributed by atoms with Crippen LogP contribution in [0.15, 0.2) is 48.4 Å². The molecule has 0 N–H and O–H groups in total. The van der Waals surface area contributed by atoms with Gasteiger partial charge in [-0.15, -0.1) is 0 Å². The number of halogens is 1. The van der Waals surface area contributed by atoms with Crippen LogP contribution in [0.3, 0.4) is 0 Å². The summed E-state index contributed by atoms with van der Waals surface area (Å²) in [4.78, 5) is 0. The maximum Gasteiger partial charge on any atom is -0.00430 e. The molecule has 0 fully saturated rings. The molecule has 0 saturated heterocycles. The zero-order valence-corrected chi connectivity index (χ0v) is 6.08. The fourth-order valence-electron chi connectivity index (χ4n) is 0.684. The average Bonchev–Trinajstić information content (AvgIpc) is 2.03. The fraction of sp³-hybridized carbons (Fsp3) is 0. The molecule has 11 heavy (non-hydrogen) atoms. The van der Waals surface area contributed by atoms with E-state index in [1.54, 1.807) is 0 Å². The van der Waals surface area contributed by atoms with E-state index in [2.05, 4.69) is 18.0 Å². The molecular weight excluding hydrogens is 139 g/mol. The molecule has 0 aliphatic heterocycles. The molecule has 0 saturated carbocycles. The molecule has 1 heteroatoms. The highest BCUT2D eigenvalue weighted by Crippen LogP contribution is 1.98. The van der Waals surface area contributed by atoms with E-state index in [0.29, 0.717) is 0 Å². The SMILES string of the molecule is C=C=C=Cc1ccccc1.F. The standard InChI is InChI=1S/C10H8.FH/c1-2-3-7-10-8-5-4-6-9-10;/h4-9H,1H2;1H. The van der Waals surface area contributed by atoms with Crippen LogP contribution in [0.4, 0.5) is 4.70 Å². The van der Waals surface area contributed by atoms with E-state index < -0.39 is 0 Å². The number of hydrogen-bond donors (Lipinski definition) is 0. The maximum absolute atomic E-state index is 3.41. The predicted molar refractivity (Wildman–Crippen MR) is 46.1 cm³/mol. The zero-order valence-electron chi connectivity index (χ0n) is 6.08. The second-order valence-electron chi connectivity index (χ2n) is 1.88. The summed E-state index contributed by atoms with van der Waals surface area (Å²) in [6.45, 7) is 3.41. The molecule has 56 valence electrons. The summed E-state index contributed by atoms with van der Waals surface area (Å²) in [6.07, 6.45) is 1.84. The molecule has 0 aliphatic carbocycles. The van der Waals surface area contributed by atoms with Gasteiger partial charge in [-0.3, -0.25) is 4.70 Å². The molecule has 1 rings (SSSR count). The maximum atomic E-state index is 3.41. The van der Waals surface area contributed by atoms with Gasteiger partial charge in [0.1, 0.15) is 0 Å². The Morgan fingerprint density at radius 3 is 2.36 bits per heavy atom. The summed E-state index contributed by atoms with van der Waals surface area (Å²) in [5.74, 6) is 0. The van der Waals surface area contributed by atoms with Crippen molar-refractivity contribution in [2.24, 2.45) is 0 Å². The van der Waals surface area contributed by atoms with Gasteiger partial charge in [0.15, 0.2) is 0 Å². The fourth-order valence-corrected chi connectivity index (χ4v) is 0.684.